The second-order valence-corrected chi connectivity index (χ2v) is 9.58. The van der Waals surface area contributed by atoms with Crippen LogP contribution >= 0.6 is 27.7 Å². The third-order valence-corrected chi connectivity index (χ3v) is 6.71. The number of non-ortho nitro benzene ring substituents is 1. The molecule has 2 amide bonds. The number of amides is 2. The van der Waals surface area contributed by atoms with E-state index in [1.165, 1.54) is 24.3 Å². The molecule has 0 spiro atoms. The fourth-order valence-electron chi connectivity index (χ4n) is 3.50. The summed E-state index contributed by atoms with van der Waals surface area (Å²) in [6.07, 6.45) is 1.63. The Morgan fingerprint density at radius 2 is 1.75 bits per heavy atom. The summed E-state index contributed by atoms with van der Waals surface area (Å²) < 4.78 is 12.4. The number of nitro groups is 1. The van der Waals surface area contributed by atoms with Gasteiger partial charge in [-0.15, -0.1) is 0 Å². The molecule has 0 bridgehead atoms. The number of thioether (sulfide) groups is 1. The highest BCUT2D eigenvalue weighted by Crippen LogP contribution is 2.40. The number of halogens is 1. The zero-order valence-corrected chi connectivity index (χ0v) is 21.6. The van der Waals surface area contributed by atoms with Crippen molar-refractivity contribution in [1.29, 1.82) is 0 Å². The molecule has 1 aliphatic heterocycles. The van der Waals surface area contributed by atoms with Crippen LogP contribution in [0, 0.1) is 10.1 Å². The Labute approximate surface area is 220 Å². The van der Waals surface area contributed by atoms with Crippen LogP contribution in [0.4, 0.5) is 10.5 Å². The number of carbonyl (C=O) groups excluding carboxylic acids is 2. The minimum Gasteiger partial charge on any atom is -0.490 e. The highest BCUT2D eigenvalue weighted by molar-refractivity contribution is 9.10. The van der Waals surface area contributed by atoms with Crippen LogP contribution in [0.2, 0.25) is 0 Å². The van der Waals surface area contributed by atoms with Crippen molar-refractivity contribution in [3.63, 3.8) is 0 Å². The van der Waals surface area contributed by atoms with Crippen LogP contribution in [-0.2, 0) is 17.9 Å². The van der Waals surface area contributed by atoms with Crippen molar-refractivity contribution in [3.8, 4) is 11.5 Å². The maximum absolute atomic E-state index is 13.0. The van der Waals surface area contributed by atoms with Gasteiger partial charge in [0.1, 0.15) is 6.61 Å². The zero-order chi connectivity index (χ0) is 25.7. The molecule has 10 heteroatoms. The molecule has 184 valence electrons. The van der Waals surface area contributed by atoms with Gasteiger partial charge in [-0.3, -0.25) is 24.6 Å². The number of hydrogen-bond donors (Lipinski definition) is 0. The molecule has 8 nitrogen and oxygen atoms in total. The van der Waals surface area contributed by atoms with Gasteiger partial charge in [0.05, 0.1) is 27.5 Å². The van der Waals surface area contributed by atoms with Crippen molar-refractivity contribution in [1.82, 2.24) is 4.90 Å². The largest absolute Gasteiger partial charge is 0.490 e. The molecule has 0 aromatic heterocycles. The highest BCUT2D eigenvalue weighted by atomic mass is 79.9. The highest BCUT2D eigenvalue weighted by Gasteiger charge is 2.35. The molecule has 0 saturated carbocycles. The monoisotopic (exact) mass is 568 g/mol. The Balaban J connectivity index is 1.53. The maximum Gasteiger partial charge on any atom is 0.293 e. The van der Waals surface area contributed by atoms with Gasteiger partial charge in [0.2, 0.25) is 0 Å². The van der Waals surface area contributed by atoms with E-state index in [4.69, 9.17) is 9.47 Å². The second kappa shape index (κ2) is 11.4. The third kappa shape index (κ3) is 5.95. The summed E-state index contributed by atoms with van der Waals surface area (Å²) >= 11 is 4.38. The topological polar surface area (TPSA) is 99.0 Å². The number of imide groups is 1. The van der Waals surface area contributed by atoms with E-state index < -0.39 is 16.1 Å². The molecule has 36 heavy (non-hydrogen) atoms. The summed E-state index contributed by atoms with van der Waals surface area (Å²) in [6, 6.07) is 19.1. The van der Waals surface area contributed by atoms with Gasteiger partial charge in [0.25, 0.3) is 16.8 Å². The molecule has 1 fully saturated rings. The second-order valence-electron chi connectivity index (χ2n) is 7.73. The van der Waals surface area contributed by atoms with Gasteiger partial charge >= 0.3 is 0 Å². The Bertz CT molecular complexity index is 1330. The smallest absolute Gasteiger partial charge is 0.293 e. The molecule has 3 aromatic rings. The quantitative estimate of drug-likeness (QED) is 0.163. The molecular weight excluding hydrogens is 548 g/mol. The molecule has 0 radical (unpaired) electrons. The van der Waals surface area contributed by atoms with Crippen LogP contribution in [0.3, 0.4) is 0 Å². The molecule has 0 unspecified atom stereocenters. The Morgan fingerprint density at radius 3 is 2.42 bits per heavy atom. The van der Waals surface area contributed by atoms with Gasteiger partial charge in [-0.1, -0.05) is 42.5 Å². The van der Waals surface area contributed by atoms with Crippen molar-refractivity contribution < 1.29 is 24.0 Å². The predicted octanol–water partition coefficient (Wildman–Crippen LogP) is 6.57. The first-order valence-electron chi connectivity index (χ1n) is 11.0. The molecule has 1 aliphatic rings. The molecule has 1 heterocycles. The summed E-state index contributed by atoms with van der Waals surface area (Å²) in [7, 11) is 0. The van der Waals surface area contributed by atoms with Crippen LogP contribution in [0.25, 0.3) is 6.08 Å². The van der Waals surface area contributed by atoms with E-state index in [1.54, 1.807) is 18.2 Å². The van der Waals surface area contributed by atoms with Gasteiger partial charge in [-0.25, -0.2) is 0 Å². The van der Waals surface area contributed by atoms with E-state index in [0.29, 0.717) is 40.3 Å². The van der Waals surface area contributed by atoms with E-state index in [9.17, 15) is 19.7 Å². The number of ether oxygens (including phenoxy) is 2. The lowest BCUT2D eigenvalue weighted by Gasteiger charge is -2.15. The fraction of sp³-hybridized carbons (Fsp3) is 0.154. The Kier molecular flexibility index (Phi) is 8.07. The van der Waals surface area contributed by atoms with Crippen molar-refractivity contribution in [2.75, 3.05) is 6.61 Å². The van der Waals surface area contributed by atoms with E-state index in [2.05, 4.69) is 15.9 Å². The first-order valence-corrected chi connectivity index (χ1v) is 12.6. The standard InChI is InChI=1S/C26H21BrN2O6S/c1-2-34-22-13-19(12-21(27)24(22)35-16-18-6-4-3-5-7-18)14-23-25(30)28(26(31)36-23)15-17-8-10-20(11-9-17)29(32)33/h3-14H,2,15-16H2,1H3/b23-14-. The van der Waals surface area contributed by atoms with Crippen LogP contribution in [0.1, 0.15) is 23.6 Å². The summed E-state index contributed by atoms with van der Waals surface area (Å²) in [5, 5.41) is 10.4. The number of nitrogens with zero attached hydrogens (tertiary/aromatic N) is 2. The van der Waals surface area contributed by atoms with Crippen molar-refractivity contribution in [2.45, 2.75) is 20.1 Å². The fourth-order valence-corrected chi connectivity index (χ4v) is 4.91. The van der Waals surface area contributed by atoms with Crippen LogP contribution in [0.5, 0.6) is 11.5 Å². The van der Waals surface area contributed by atoms with Crippen molar-refractivity contribution >= 4 is 50.6 Å². The lowest BCUT2D eigenvalue weighted by Crippen LogP contribution is -2.27. The summed E-state index contributed by atoms with van der Waals surface area (Å²) in [5.41, 5.74) is 2.24. The Hall–Kier alpha value is -3.63. The molecule has 3 aromatic carbocycles. The molecule has 0 atom stereocenters. The SMILES string of the molecule is CCOc1cc(/C=C2\SC(=O)N(Cc3ccc([N+](=O)[O-])cc3)C2=O)cc(Br)c1OCc1ccccc1. The average Bonchev–Trinajstić information content (AvgIpc) is 3.12. The van der Waals surface area contributed by atoms with Crippen LogP contribution < -0.4 is 9.47 Å². The van der Waals surface area contributed by atoms with E-state index in [-0.39, 0.29) is 17.1 Å². The lowest BCUT2D eigenvalue weighted by atomic mass is 10.1. The van der Waals surface area contributed by atoms with Gasteiger partial charge in [0, 0.05) is 12.1 Å². The van der Waals surface area contributed by atoms with E-state index in [1.807, 2.05) is 37.3 Å². The van der Waals surface area contributed by atoms with Crippen LogP contribution in [-0.4, -0.2) is 27.6 Å². The Morgan fingerprint density at radius 1 is 1.03 bits per heavy atom. The molecule has 0 aliphatic carbocycles. The zero-order valence-electron chi connectivity index (χ0n) is 19.2. The van der Waals surface area contributed by atoms with E-state index in [0.717, 1.165) is 22.2 Å². The van der Waals surface area contributed by atoms with Gasteiger partial charge in [0.15, 0.2) is 11.5 Å². The predicted molar refractivity (Wildman–Crippen MR) is 141 cm³/mol. The molecule has 1 saturated heterocycles. The molecule has 4 rings (SSSR count). The van der Waals surface area contributed by atoms with Crippen LogP contribution in [0.15, 0.2) is 76.1 Å². The average molecular weight is 569 g/mol. The van der Waals surface area contributed by atoms with E-state index >= 15 is 0 Å². The lowest BCUT2D eigenvalue weighted by molar-refractivity contribution is -0.384. The normalized spacial score (nSPS) is 14.4. The first kappa shape index (κ1) is 25.5. The van der Waals surface area contributed by atoms with Crippen molar-refractivity contribution in [3.05, 3.63) is 103 Å². The number of carbonyl (C=O) groups is 2. The molecular formula is C26H21BrN2O6S. The number of hydrogen-bond acceptors (Lipinski definition) is 7. The number of nitro benzene ring substituents is 1. The summed E-state index contributed by atoms with van der Waals surface area (Å²) in [4.78, 5) is 37.2. The summed E-state index contributed by atoms with van der Waals surface area (Å²) in [6.45, 7) is 2.68. The minimum atomic E-state index is -0.501. The minimum absolute atomic E-state index is 0.0279. The number of rotatable bonds is 9. The van der Waals surface area contributed by atoms with Gasteiger partial charge in [-0.2, -0.15) is 0 Å². The summed E-state index contributed by atoms with van der Waals surface area (Å²) in [5.74, 6) is 0.630. The third-order valence-electron chi connectivity index (χ3n) is 5.22. The van der Waals surface area contributed by atoms with Gasteiger partial charge in [-0.05, 0) is 69.5 Å². The van der Waals surface area contributed by atoms with Gasteiger partial charge < -0.3 is 9.47 Å². The number of benzene rings is 3. The maximum atomic E-state index is 13.0. The van der Waals surface area contributed by atoms with Crippen molar-refractivity contribution in [2.24, 2.45) is 0 Å². The first-order chi connectivity index (χ1) is 17.4. The molecule has 0 N–H and O–H groups in total.